The van der Waals surface area contributed by atoms with Gasteiger partial charge in [-0.25, -0.2) is 0 Å². The molecule has 1 aromatic heterocycles. The lowest BCUT2D eigenvalue weighted by atomic mass is 9.93. The highest BCUT2D eigenvalue weighted by Crippen LogP contribution is 2.26. The molecule has 1 aromatic carbocycles. The van der Waals surface area contributed by atoms with Gasteiger partial charge >= 0.3 is 0 Å². The first-order chi connectivity index (χ1) is 14.1. The Morgan fingerprint density at radius 3 is 2.79 bits per heavy atom. The van der Waals surface area contributed by atoms with Crippen LogP contribution in [0.15, 0.2) is 54.9 Å². The van der Waals surface area contributed by atoms with E-state index in [-0.39, 0.29) is 5.91 Å². The Hall–Kier alpha value is -2.44. The summed E-state index contributed by atoms with van der Waals surface area (Å²) in [4.78, 5) is 21.1. The SMILES string of the molecule is COC1(COc2ccccc2)CCCN(C(=O)CCN(C)Cc2cccnc2)C1. The number of hydrogen-bond acceptors (Lipinski definition) is 5. The molecule has 0 spiro atoms. The third-order valence-electron chi connectivity index (χ3n) is 5.45. The van der Waals surface area contributed by atoms with Gasteiger partial charge in [-0.1, -0.05) is 24.3 Å². The maximum absolute atomic E-state index is 12.8. The molecule has 1 aliphatic heterocycles. The van der Waals surface area contributed by atoms with Gasteiger partial charge in [-0.2, -0.15) is 0 Å². The Balaban J connectivity index is 1.49. The third kappa shape index (κ3) is 6.27. The van der Waals surface area contributed by atoms with Gasteiger partial charge in [-0.15, -0.1) is 0 Å². The van der Waals surface area contributed by atoms with Crippen LogP contribution in [0.3, 0.4) is 0 Å². The number of para-hydroxylation sites is 1. The number of piperidine rings is 1. The van der Waals surface area contributed by atoms with Crippen molar-refractivity contribution in [2.75, 3.05) is 40.4 Å². The second-order valence-electron chi connectivity index (χ2n) is 7.76. The molecule has 0 saturated carbocycles. The predicted molar refractivity (Wildman–Crippen MR) is 113 cm³/mol. The number of rotatable bonds is 9. The predicted octanol–water partition coefficient (Wildman–Crippen LogP) is 2.99. The van der Waals surface area contributed by atoms with Crippen LogP contribution in [0.5, 0.6) is 5.75 Å². The average Bonchev–Trinajstić information content (AvgIpc) is 2.77. The van der Waals surface area contributed by atoms with Crippen molar-refractivity contribution in [1.82, 2.24) is 14.8 Å². The van der Waals surface area contributed by atoms with Crippen molar-refractivity contribution >= 4 is 5.91 Å². The lowest BCUT2D eigenvalue weighted by Crippen LogP contribution is -2.54. The fourth-order valence-corrected chi connectivity index (χ4v) is 3.71. The number of hydrogen-bond donors (Lipinski definition) is 0. The Kier molecular flexibility index (Phi) is 7.61. The maximum Gasteiger partial charge on any atom is 0.223 e. The van der Waals surface area contributed by atoms with Gasteiger partial charge in [0, 0.05) is 45.6 Å². The molecule has 29 heavy (non-hydrogen) atoms. The van der Waals surface area contributed by atoms with Crippen molar-refractivity contribution in [1.29, 1.82) is 0 Å². The van der Waals surface area contributed by atoms with Gasteiger partial charge in [-0.05, 0) is 43.7 Å². The largest absolute Gasteiger partial charge is 0.491 e. The minimum absolute atomic E-state index is 0.170. The molecular weight excluding hydrogens is 366 g/mol. The van der Waals surface area contributed by atoms with E-state index in [1.165, 1.54) is 0 Å². The number of benzene rings is 1. The number of carbonyl (C=O) groups excluding carboxylic acids is 1. The van der Waals surface area contributed by atoms with Crippen molar-refractivity contribution in [3.63, 3.8) is 0 Å². The standard InChI is InChI=1S/C23H31N3O3/c1-25(17-20-8-6-13-24-16-20)15-11-22(27)26-14-7-12-23(18-26,28-2)19-29-21-9-4-3-5-10-21/h3-6,8-10,13,16H,7,11-12,14-15,17-19H2,1-2H3. The normalized spacial score (nSPS) is 19.3. The molecule has 0 radical (unpaired) electrons. The summed E-state index contributed by atoms with van der Waals surface area (Å²) in [6, 6.07) is 13.7. The quantitative estimate of drug-likeness (QED) is 0.651. The molecule has 2 aromatic rings. The molecule has 6 heteroatoms. The molecule has 6 nitrogen and oxygen atoms in total. The number of pyridine rings is 1. The molecule has 1 amide bonds. The van der Waals surface area contributed by atoms with Crippen LogP contribution in [-0.4, -0.2) is 66.7 Å². The molecule has 1 aliphatic rings. The van der Waals surface area contributed by atoms with E-state index in [2.05, 4.69) is 16.0 Å². The van der Waals surface area contributed by atoms with E-state index in [4.69, 9.17) is 9.47 Å². The molecule has 0 N–H and O–H groups in total. The zero-order valence-electron chi connectivity index (χ0n) is 17.4. The van der Waals surface area contributed by atoms with Gasteiger partial charge in [0.25, 0.3) is 0 Å². The number of aromatic nitrogens is 1. The average molecular weight is 398 g/mol. The second kappa shape index (κ2) is 10.4. The number of ether oxygens (including phenoxy) is 2. The van der Waals surface area contributed by atoms with Crippen molar-refractivity contribution < 1.29 is 14.3 Å². The molecule has 1 saturated heterocycles. The number of methoxy groups -OCH3 is 1. The van der Waals surface area contributed by atoms with Crippen LogP contribution in [-0.2, 0) is 16.1 Å². The van der Waals surface area contributed by atoms with Crippen molar-refractivity contribution in [2.24, 2.45) is 0 Å². The lowest BCUT2D eigenvalue weighted by molar-refractivity contribution is -0.143. The van der Waals surface area contributed by atoms with Gasteiger partial charge in [0.2, 0.25) is 5.91 Å². The van der Waals surface area contributed by atoms with Crippen molar-refractivity contribution in [3.05, 3.63) is 60.4 Å². The van der Waals surface area contributed by atoms with Crippen LogP contribution in [0.25, 0.3) is 0 Å². The van der Waals surface area contributed by atoms with Gasteiger partial charge < -0.3 is 19.3 Å². The van der Waals surface area contributed by atoms with E-state index in [9.17, 15) is 4.79 Å². The topological polar surface area (TPSA) is 54.9 Å². The Bertz CT molecular complexity index is 756. The number of carbonyl (C=O) groups is 1. The molecule has 156 valence electrons. The fourth-order valence-electron chi connectivity index (χ4n) is 3.71. The van der Waals surface area contributed by atoms with E-state index in [1.807, 2.05) is 54.5 Å². The second-order valence-corrected chi connectivity index (χ2v) is 7.76. The Morgan fingerprint density at radius 2 is 2.07 bits per heavy atom. The summed E-state index contributed by atoms with van der Waals surface area (Å²) in [7, 11) is 3.74. The summed E-state index contributed by atoms with van der Waals surface area (Å²) in [6.07, 6.45) is 5.94. The number of nitrogens with zero attached hydrogens (tertiary/aromatic N) is 3. The molecule has 0 aliphatic carbocycles. The molecule has 1 unspecified atom stereocenters. The van der Waals surface area contributed by atoms with Crippen LogP contribution < -0.4 is 4.74 Å². The summed E-state index contributed by atoms with van der Waals surface area (Å²) in [5.74, 6) is 0.994. The van der Waals surface area contributed by atoms with E-state index in [0.29, 0.717) is 26.1 Å². The molecule has 1 fully saturated rings. The van der Waals surface area contributed by atoms with Gasteiger partial charge in [0.15, 0.2) is 0 Å². The molecule has 2 heterocycles. The summed E-state index contributed by atoms with van der Waals surface area (Å²) < 4.78 is 11.8. The smallest absolute Gasteiger partial charge is 0.223 e. The van der Waals surface area contributed by atoms with Crippen molar-refractivity contribution in [2.45, 2.75) is 31.4 Å². The summed E-state index contributed by atoms with van der Waals surface area (Å²) in [5.41, 5.74) is 0.697. The van der Waals surface area contributed by atoms with Crippen LogP contribution in [0.2, 0.25) is 0 Å². The van der Waals surface area contributed by atoms with E-state index in [1.54, 1.807) is 13.3 Å². The summed E-state index contributed by atoms with van der Waals surface area (Å²) in [6.45, 7) is 3.29. The van der Waals surface area contributed by atoms with Crippen LogP contribution in [0, 0.1) is 0 Å². The van der Waals surface area contributed by atoms with Crippen molar-refractivity contribution in [3.8, 4) is 5.75 Å². The molecule has 1 atom stereocenters. The summed E-state index contributed by atoms with van der Waals surface area (Å²) >= 11 is 0. The molecular formula is C23H31N3O3. The van der Waals surface area contributed by atoms with Crippen LogP contribution in [0.1, 0.15) is 24.8 Å². The highest BCUT2D eigenvalue weighted by molar-refractivity contribution is 5.76. The highest BCUT2D eigenvalue weighted by Gasteiger charge is 2.38. The number of likely N-dealkylation sites (tertiary alicyclic amines) is 1. The fraction of sp³-hybridized carbons (Fsp3) is 0.478. The third-order valence-corrected chi connectivity index (χ3v) is 5.45. The van der Waals surface area contributed by atoms with Crippen LogP contribution >= 0.6 is 0 Å². The first kappa shape index (κ1) is 21.3. The Morgan fingerprint density at radius 1 is 1.24 bits per heavy atom. The number of amides is 1. The van der Waals surface area contributed by atoms with Gasteiger partial charge in [0.1, 0.15) is 18.0 Å². The van der Waals surface area contributed by atoms with E-state index < -0.39 is 5.60 Å². The zero-order chi connectivity index (χ0) is 20.5. The summed E-state index contributed by atoms with van der Waals surface area (Å²) in [5, 5.41) is 0. The Labute approximate surface area is 173 Å². The first-order valence-electron chi connectivity index (χ1n) is 10.2. The van der Waals surface area contributed by atoms with E-state index in [0.717, 1.165) is 37.2 Å². The molecule has 0 bridgehead atoms. The zero-order valence-corrected chi connectivity index (χ0v) is 17.4. The van der Waals surface area contributed by atoms with Crippen LogP contribution in [0.4, 0.5) is 0 Å². The minimum atomic E-state index is -0.453. The molecule has 3 rings (SSSR count). The van der Waals surface area contributed by atoms with Gasteiger partial charge in [-0.3, -0.25) is 9.78 Å². The minimum Gasteiger partial charge on any atom is -0.491 e. The maximum atomic E-state index is 12.8. The monoisotopic (exact) mass is 397 g/mol. The first-order valence-corrected chi connectivity index (χ1v) is 10.2. The van der Waals surface area contributed by atoms with Gasteiger partial charge in [0.05, 0.1) is 6.54 Å². The van der Waals surface area contributed by atoms with E-state index >= 15 is 0 Å². The lowest BCUT2D eigenvalue weighted by Gasteiger charge is -2.41. The highest BCUT2D eigenvalue weighted by atomic mass is 16.5.